The summed E-state index contributed by atoms with van der Waals surface area (Å²) in [5.41, 5.74) is 2.38. The zero-order valence-corrected chi connectivity index (χ0v) is 16.9. The van der Waals surface area contributed by atoms with Gasteiger partial charge in [-0.15, -0.1) is 0 Å². The van der Waals surface area contributed by atoms with Crippen molar-refractivity contribution in [3.8, 4) is 11.4 Å². The molecule has 0 bridgehead atoms. The van der Waals surface area contributed by atoms with Crippen LogP contribution in [0.4, 0.5) is 10.2 Å². The molecule has 0 N–H and O–H groups in total. The molecule has 4 aromatic rings. The second-order valence-corrected chi connectivity index (χ2v) is 7.54. The first-order valence-electron chi connectivity index (χ1n) is 10.3. The van der Waals surface area contributed by atoms with Crippen molar-refractivity contribution in [3.05, 3.63) is 90.2 Å². The lowest BCUT2D eigenvalue weighted by atomic mass is 10.1. The number of amides is 1. The number of piperazine rings is 1. The Bertz CT molecular complexity index is 1220. The maximum absolute atomic E-state index is 13.2. The highest BCUT2D eigenvalue weighted by Gasteiger charge is 2.24. The zero-order valence-electron chi connectivity index (χ0n) is 16.9. The van der Waals surface area contributed by atoms with Crippen LogP contribution in [0.1, 0.15) is 10.4 Å². The van der Waals surface area contributed by atoms with E-state index < -0.39 is 0 Å². The molecule has 0 radical (unpaired) electrons. The summed E-state index contributed by atoms with van der Waals surface area (Å²) in [5.74, 6) is 1.17. The van der Waals surface area contributed by atoms with Gasteiger partial charge in [0.05, 0.1) is 5.52 Å². The summed E-state index contributed by atoms with van der Waals surface area (Å²) in [6, 6.07) is 23.7. The number of carbonyl (C=O) groups is 1. The Balaban J connectivity index is 1.41. The summed E-state index contributed by atoms with van der Waals surface area (Å²) < 4.78 is 13.2. The van der Waals surface area contributed by atoms with Gasteiger partial charge in [0.1, 0.15) is 11.6 Å². The number of hydrogen-bond acceptors (Lipinski definition) is 4. The van der Waals surface area contributed by atoms with Crippen LogP contribution < -0.4 is 4.90 Å². The van der Waals surface area contributed by atoms with E-state index in [1.165, 1.54) is 24.3 Å². The molecule has 1 aliphatic heterocycles. The van der Waals surface area contributed by atoms with Crippen molar-refractivity contribution in [2.45, 2.75) is 0 Å². The number of aromatic nitrogens is 2. The minimum Gasteiger partial charge on any atom is -0.352 e. The second-order valence-electron chi connectivity index (χ2n) is 7.54. The number of halogens is 1. The van der Waals surface area contributed by atoms with Gasteiger partial charge in [0.15, 0.2) is 5.82 Å². The lowest BCUT2D eigenvalue weighted by molar-refractivity contribution is 0.0746. The Kier molecular flexibility index (Phi) is 5.04. The molecule has 0 atom stereocenters. The average Bonchev–Trinajstić information content (AvgIpc) is 2.84. The zero-order chi connectivity index (χ0) is 21.2. The van der Waals surface area contributed by atoms with Crippen molar-refractivity contribution >= 4 is 22.6 Å². The van der Waals surface area contributed by atoms with E-state index in [4.69, 9.17) is 9.97 Å². The van der Waals surface area contributed by atoms with Crippen LogP contribution in [0.5, 0.6) is 0 Å². The van der Waals surface area contributed by atoms with Crippen LogP contribution in [0.3, 0.4) is 0 Å². The quantitative estimate of drug-likeness (QED) is 0.501. The largest absolute Gasteiger partial charge is 0.352 e. The van der Waals surface area contributed by atoms with Gasteiger partial charge in [-0.05, 0) is 36.4 Å². The number of nitrogens with zero attached hydrogens (tertiary/aromatic N) is 4. The van der Waals surface area contributed by atoms with E-state index in [2.05, 4.69) is 4.90 Å². The minimum absolute atomic E-state index is 0.0721. The fourth-order valence-electron chi connectivity index (χ4n) is 3.91. The topological polar surface area (TPSA) is 49.3 Å². The Morgan fingerprint density at radius 2 is 1.45 bits per heavy atom. The molecule has 1 fully saturated rings. The molecule has 6 heteroatoms. The molecule has 1 aliphatic rings. The Hall–Kier alpha value is -3.80. The van der Waals surface area contributed by atoms with E-state index in [-0.39, 0.29) is 11.7 Å². The van der Waals surface area contributed by atoms with Crippen LogP contribution >= 0.6 is 0 Å². The van der Waals surface area contributed by atoms with Gasteiger partial charge in [-0.3, -0.25) is 4.79 Å². The monoisotopic (exact) mass is 412 g/mol. The highest BCUT2D eigenvalue weighted by atomic mass is 19.1. The van der Waals surface area contributed by atoms with Crippen LogP contribution in [0.25, 0.3) is 22.3 Å². The molecule has 0 saturated carbocycles. The maximum atomic E-state index is 13.2. The number of para-hydroxylation sites is 1. The predicted octanol–water partition coefficient (Wildman–Crippen LogP) is 4.40. The number of anilines is 1. The molecule has 2 heterocycles. The molecule has 0 spiro atoms. The summed E-state index contributed by atoms with van der Waals surface area (Å²) in [5, 5.41) is 1.00. The van der Waals surface area contributed by atoms with Gasteiger partial charge in [0, 0.05) is 42.7 Å². The number of rotatable bonds is 3. The Morgan fingerprint density at radius 3 is 2.19 bits per heavy atom. The molecule has 5 rings (SSSR count). The molecule has 154 valence electrons. The highest BCUT2D eigenvalue weighted by molar-refractivity contribution is 5.95. The molecule has 1 saturated heterocycles. The van der Waals surface area contributed by atoms with Crippen molar-refractivity contribution in [3.63, 3.8) is 0 Å². The molecular weight excluding hydrogens is 391 g/mol. The van der Waals surface area contributed by atoms with Gasteiger partial charge in [-0.25, -0.2) is 14.4 Å². The van der Waals surface area contributed by atoms with E-state index >= 15 is 0 Å². The standard InChI is InChI=1S/C25H21FN4O/c26-20-12-10-19(11-13-20)25(31)30-16-14-29(15-17-30)24-21-8-4-5-9-22(21)27-23(28-24)18-6-2-1-3-7-18/h1-13H,14-17H2. The van der Waals surface area contributed by atoms with Crippen LogP contribution in [-0.4, -0.2) is 47.0 Å². The molecule has 0 aliphatic carbocycles. The fourth-order valence-corrected chi connectivity index (χ4v) is 3.91. The molecule has 31 heavy (non-hydrogen) atoms. The van der Waals surface area contributed by atoms with Crippen molar-refractivity contribution in [2.24, 2.45) is 0 Å². The lowest BCUT2D eigenvalue weighted by Crippen LogP contribution is -2.49. The number of hydrogen-bond donors (Lipinski definition) is 0. The first-order valence-corrected chi connectivity index (χ1v) is 10.3. The van der Waals surface area contributed by atoms with E-state index in [0.29, 0.717) is 37.6 Å². The third-order valence-electron chi connectivity index (χ3n) is 5.57. The third kappa shape index (κ3) is 3.84. The van der Waals surface area contributed by atoms with Crippen molar-refractivity contribution in [1.82, 2.24) is 14.9 Å². The van der Waals surface area contributed by atoms with Crippen LogP contribution in [0.2, 0.25) is 0 Å². The van der Waals surface area contributed by atoms with Crippen LogP contribution in [-0.2, 0) is 0 Å². The second kappa shape index (κ2) is 8.14. The first kappa shape index (κ1) is 19.2. The average molecular weight is 412 g/mol. The molecule has 5 nitrogen and oxygen atoms in total. The van der Waals surface area contributed by atoms with Crippen molar-refractivity contribution in [1.29, 1.82) is 0 Å². The molecule has 1 aromatic heterocycles. The third-order valence-corrected chi connectivity index (χ3v) is 5.57. The van der Waals surface area contributed by atoms with E-state index in [1.807, 2.05) is 59.5 Å². The number of carbonyl (C=O) groups excluding carboxylic acids is 1. The summed E-state index contributed by atoms with van der Waals surface area (Å²) in [6.45, 7) is 2.49. The van der Waals surface area contributed by atoms with Crippen LogP contribution in [0, 0.1) is 5.82 Å². The van der Waals surface area contributed by atoms with E-state index in [1.54, 1.807) is 0 Å². The smallest absolute Gasteiger partial charge is 0.253 e. The van der Waals surface area contributed by atoms with E-state index in [9.17, 15) is 9.18 Å². The predicted molar refractivity (Wildman–Crippen MR) is 119 cm³/mol. The first-order chi connectivity index (χ1) is 15.2. The molecular formula is C25H21FN4O. The van der Waals surface area contributed by atoms with Gasteiger partial charge < -0.3 is 9.80 Å². The summed E-state index contributed by atoms with van der Waals surface area (Å²) in [4.78, 5) is 26.4. The minimum atomic E-state index is -0.341. The molecule has 3 aromatic carbocycles. The molecule has 1 amide bonds. The SMILES string of the molecule is O=C(c1ccc(F)cc1)N1CCN(c2nc(-c3ccccc3)nc3ccccc23)CC1. The van der Waals surface area contributed by atoms with Gasteiger partial charge in [-0.1, -0.05) is 42.5 Å². The van der Waals surface area contributed by atoms with E-state index in [0.717, 1.165) is 22.3 Å². The van der Waals surface area contributed by atoms with Crippen molar-refractivity contribution in [2.75, 3.05) is 31.1 Å². The maximum Gasteiger partial charge on any atom is 0.253 e. The fraction of sp³-hybridized carbons (Fsp3) is 0.160. The van der Waals surface area contributed by atoms with Crippen molar-refractivity contribution < 1.29 is 9.18 Å². The molecule has 0 unspecified atom stereocenters. The lowest BCUT2D eigenvalue weighted by Gasteiger charge is -2.36. The van der Waals surface area contributed by atoms with Gasteiger partial charge >= 0.3 is 0 Å². The number of fused-ring (bicyclic) bond motifs is 1. The summed E-state index contributed by atoms with van der Waals surface area (Å²) in [7, 11) is 0. The number of benzene rings is 3. The van der Waals surface area contributed by atoms with Gasteiger partial charge in [0.2, 0.25) is 0 Å². The Morgan fingerprint density at radius 1 is 0.774 bits per heavy atom. The Labute approximate surface area is 179 Å². The van der Waals surface area contributed by atoms with Gasteiger partial charge in [0.25, 0.3) is 5.91 Å². The van der Waals surface area contributed by atoms with Gasteiger partial charge in [-0.2, -0.15) is 0 Å². The summed E-state index contributed by atoms with van der Waals surface area (Å²) >= 11 is 0. The highest BCUT2D eigenvalue weighted by Crippen LogP contribution is 2.28. The summed E-state index contributed by atoms with van der Waals surface area (Å²) in [6.07, 6.45) is 0. The normalized spacial score (nSPS) is 14.1. The van der Waals surface area contributed by atoms with Crippen LogP contribution in [0.15, 0.2) is 78.9 Å².